The fourth-order valence-electron chi connectivity index (χ4n) is 1.61. The van der Waals surface area contributed by atoms with Crippen LogP contribution < -0.4 is 5.32 Å². The molecule has 0 fully saturated rings. The summed E-state index contributed by atoms with van der Waals surface area (Å²) in [6, 6.07) is 3.83. The second kappa shape index (κ2) is 4.93. The van der Waals surface area contributed by atoms with Crippen LogP contribution in [0.5, 0.6) is 0 Å². The highest BCUT2D eigenvalue weighted by Crippen LogP contribution is 2.12. The minimum absolute atomic E-state index is 0.547. The van der Waals surface area contributed by atoms with E-state index >= 15 is 0 Å². The van der Waals surface area contributed by atoms with Gasteiger partial charge in [-0.15, -0.1) is 5.10 Å². The van der Waals surface area contributed by atoms with Crippen molar-refractivity contribution in [2.45, 2.75) is 13.5 Å². The summed E-state index contributed by atoms with van der Waals surface area (Å²) in [7, 11) is 0. The summed E-state index contributed by atoms with van der Waals surface area (Å²) >= 11 is 3.40. The number of pyridine rings is 1. The third kappa shape index (κ3) is 2.70. The molecule has 7 heteroatoms. The molecule has 3 heterocycles. The second-order valence-corrected chi connectivity index (χ2v) is 5.00. The number of hydrogen-bond acceptors (Lipinski definition) is 5. The lowest BCUT2D eigenvalue weighted by Gasteiger charge is -2.00. The Hall–Kier alpha value is -2.02. The van der Waals surface area contributed by atoms with Gasteiger partial charge in [-0.2, -0.15) is 4.98 Å². The van der Waals surface area contributed by atoms with E-state index in [0.717, 1.165) is 21.5 Å². The van der Waals surface area contributed by atoms with E-state index in [4.69, 9.17) is 0 Å². The molecule has 3 aromatic heterocycles. The zero-order valence-corrected chi connectivity index (χ0v) is 11.8. The van der Waals surface area contributed by atoms with E-state index in [9.17, 15) is 0 Å². The first kappa shape index (κ1) is 12.0. The van der Waals surface area contributed by atoms with Gasteiger partial charge in [0.1, 0.15) is 0 Å². The SMILES string of the molecule is Cc1cnc(CNc2nc3ccc(Br)cn3n2)cn1. The quantitative estimate of drug-likeness (QED) is 0.801. The standard InChI is InChI=1S/C12H11BrN6/c1-8-4-15-10(5-14-8)6-16-12-17-11-3-2-9(13)7-19(11)18-12/h2-5,7H,6H2,1H3,(H,16,18). The fraction of sp³-hybridized carbons (Fsp3) is 0.167. The number of hydrogen-bond donors (Lipinski definition) is 1. The van der Waals surface area contributed by atoms with Gasteiger partial charge in [-0.05, 0) is 35.0 Å². The first-order valence-electron chi connectivity index (χ1n) is 5.74. The summed E-state index contributed by atoms with van der Waals surface area (Å²) < 4.78 is 2.67. The Balaban J connectivity index is 1.76. The minimum atomic E-state index is 0.547. The van der Waals surface area contributed by atoms with Crippen molar-refractivity contribution in [3.05, 3.63) is 46.6 Å². The minimum Gasteiger partial charge on any atom is -0.347 e. The van der Waals surface area contributed by atoms with Gasteiger partial charge in [0.2, 0.25) is 5.95 Å². The monoisotopic (exact) mass is 318 g/mol. The first-order chi connectivity index (χ1) is 9.20. The first-order valence-corrected chi connectivity index (χ1v) is 6.53. The van der Waals surface area contributed by atoms with Crippen LogP contribution in [0.4, 0.5) is 5.95 Å². The lowest BCUT2D eigenvalue weighted by atomic mass is 10.4. The molecule has 0 saturated heterocycles. The topological polar surface area (TPSA) is 68.0 Å². The number of fused-ring (bicyclic) bond motifs is 1. The van der Waals surface area contributed by atoms with Crippen molar-refractivity contribution in [2.24, 2.45) is 0 Å². The van der Waals surface area contributed by atoms with Crippen molar-refractivity contribution >= 4 is 27.5 Å². The van der Waals surface area contributed by atoms with E-state index in [1.807, 2.05) is 25.3 Å². The molecule has 3 aromatic rings. The van der Waals surface area contributed by atoms with Gasteiger partial charge in [-0.1, -0.05) is 0 Å². The van der Waals surface area contributed by atoms with E-state index in [1.54, 1.807) is 16.9 Å². The highest BCUT2D eigenvalue weighted by Gasteiger charge is 2.03. The molecular weight excluding hydrogens is 308 g/mol. The van der Waals surface area contributed by atoms with Gasteiger partial charge in [0.05, 0.1) is 24.1 Å². The van der Waals surface area contributed by atoms with Gasteiger partial charge in [0.15, 0.2) is 5.65 Å². The van der Waals surface area contributed by atoms with E-state index < -0.39 is 0 Å². The molecule has 0 aliphatic carbocycles. The zero-order valence-electron chi connectivity index (χ0n) is 10.2. The predicted octanol–water partition coefficient (Wildman–Crippen LogP) is 2.20. The largest absolute Gasteiger partial charge is 0.347 e. The van der Waals surface area contributed by atoms with Crippen LogP contribution in [0.15, 0.2) is 35.2 Å². The van der Waals surface area contributed by atoms with E-state index in [2.05, 4.69) is 41.3 Å². The van der Waals surface area contributed by atoms with Crippen molar-refractivity contribution in [2.75, 3.05) is 5.32 Å². The Labute approximate surface area is 118 Å². The van der Waals surface area contributed by atoms with Crippen molar-refractivity contribution in [3.8, 4) is 0 Å². The summed E-state index contributed by atoms with van der Waals surface area (Å²) in [6.45, 7) is 2.46. The molecule has 3 rings (SSSR count). The molecule has 19 heavy (non-hydrogen) atoms. The van der Waals surface area contributed by atoms with Crippen LogP contribution in [-0.4, -0.2) is 24.6 Å². The molecule has 0 aliphatic heterocycles. The third-order valence-corrected chi connectivity index (χ3v) is 3.03. The number of nitrogens with one attached hydrogen (secondary N) is 1. The highest BCUT2D eigenvalue weighted by atomic mass is 79.9. The highest BCUT2D eigenvalue weighted by molar-refractivity contribution is 9.10. The van der Waals surface area contributed by atoms with Crippen molar-refractivity contribution in [1.82, 2.24) is 24.6 Å². The number of aromatic nitrogens is 5. The number of anilines is 1. The molecule has 0 bridgehead atoms. The molecule has 0 atom stereocenters. The van der Waals surface area contributed by atoms with Crippen molar-refractivity contribution in [3.63, 3.8) is 0 Å². The Morgan fingerprint density at radius 1 is 1.26 bits per heavy atom. The van der Waals surface area contributed by atoms with Gasteiger partial charge in [-0.25, -0.2) is 4.52 Å². The van der Waals surface area contributed by atoms with Gasteiger partial charge < -0.3 is 5.32 Å². The van der Waals surface area contributed by atoms with Gasteiger partial charge >= 0.3 is 0 Å². The zero-order chi connectivity index (χ0) is 13.2. The molecule has 0 saturated carbocycles. The maximum Gasteiger partial charge on any atom is 0.243 e. The number of rotatable bonds is 3. The van der Waals surface area contributed by atoms with Crippen LogP contribution >= 0.6 is 15.9 Å². The summed E-state index contributed by atoms with van der Waals surface area (Å²) in [6.07, 6.45) is 5.35. The van der Waals surface area contributed by atoms with Crippen LogP contribution in [0.3, 0.4) is 0 Å². The maximum atomic E-state index is 4.36. The van der Waals surface area contributed by atoms with Crippen LogP contribution in [0.2, 0.25) is 0 Å². The smallest absolute Gasteiger partial charge is 0.243 e. The van der Waals surface area contributed by atoms with Crippen molar-refractivity contribution < 1.29 is 0 Å². The third-order valence-electron chi connectivity index (χ3n) is 2.56. The van der Waals surface area contributed by atoms with Crippen LogP contribution in [0, 0.1) is 6.92 Å². The normalized spacial score (nSPS) is 10.8. The number of nitrogens with zero attached hydrogens (tertiary/aromatic N) is 5. The molecule has 96 valence electrons. The molecule has 0 amide bonds. The lowest BCUT2D eigenvalue weighted by molar-refractivity contribution is 0.929. The van der Waals surface area contributed by atoms with Gasteiger partial charge in [-0.3, -0.25) is 9.97 Å². The molecule has 6 nitrogen and oxygen atoms in total. The van der Waals surface area contributed by atoms with E-state index in [1.165, 1.54) is 0 Å². The molecule has 0 radical (unpaired) electrons. The van der Waals surface area contributed by atoms with Gasteiger partial charge in [0, 0.05) is 16.9 Å². The summed E-state index contributed by atoms with van der Waals surface area (Å²) in [4.78, 5) is 12.8. The fourth-order valence-corrected chi connectivity index (χ4v) is 1.94. The molecular formula is C12H11BrN6. The molecule has 0 spiro atoms. The molecule has 0 aromatic carbocycles. The summed E-state index contributed by atoms with van der Waals surface area (Å²) in [5.41, 5.74) is 2.55. The molecule has 0 unspecified atom stereocenters. The molecule has 0 aliphatic rings. The van der Waals surface area contributed by atoms with Crippen LogP contribution in [0.1, 0.15) is 11.4 Å². The Morgan fingerprint density at radius 2 is 2.16 bits per heavy atom. The Morgan fingerprint density at radius 3 is 2.95 bits per heavy atom. The maximum absolute atomic E-state index is 4.36. The average molecular weight is 319 g/mol. The Kier molecular flexibility index (Phi) is 3.12. The Bertz CT molecular complexity index is 706. The average Bonchev–Trinajstić information content (AvgIpc) is 2.80. The predicted molar refractivity (Wildman–Crippen MR) is 74.8 cm³/mol. The van der Waals surface area contributed by atoms with E-state index in [0.29, 0.717) is 12.5 Å². The summed E-state index contributed by atoms with van der Waals surface area (Å²) in [5.74, 6) is 0.570. The van der Waals surface area contributed by atoms with Crippen LogP contribution in [0.25, 0.3) is 5.65 Å². The lowest BCUT2D eigenvalue weighted by Crippen LogP contribution is -2.04. The number of halogens is 1. The second-order valence-electron chi connectivity index (χ2n) is 4.09. The van der Waals surface area contributed by atoms with E-state index in [-0.39, 0.29) is 0 Å². The molecule has 1 N–H and O–H groups in total. The number of aryl methyl sites for hydroxylation is 1. The van der Waals surface area contributed by atoms with Crippen molar-refractivity contribution in [1.29, 1.82) is 0 Å². The van der Waals surface area contributed by atoms with Gasteiger partial charge in [0.25, 0.3) is 0 Å². The summed E-state index contributed by atoms with van der Waals surface area (Å²) in [5, 5.41) is 7.45. The van der Waals surface area contributed by atoms with Crippen LogP contribution in [-0.2, 0) is 6.54 Å².